The van der Waals surface area contributed by atoms with Gasteiger partial charge in [0.05, 0.1) is 35.5 Å². The molecule has 0 aromatic heterocycles. The van der Waals surface area contributed by atoms with E-state index in [4.69, 9.17) is 26.3 Å². The summed E-state index contributed by atoms with van der Waals surface area (Å²) in [7, 11) is 0. The molecule has 1 saturated heterocycles. The lowest BCUT2D eigenvalue weighted by molar-refractivity contribution is -0.123. The van der Waals surface area contributed by atoms with Gasteiger partial charge in [0, 0.05) is 13.1 Å². The molecule has 0 aliphatic carbocycles. The number of hydrogen-bond acceptors (Lipinski definition) is 6. The summed E-state index contributed by atoms with van der Waals surface area (Å²) in [5.74, 6) is 0.207. The van der Waals surface area contributed by atoms with Gasteiger partial charge in [-0.3, -0.25) is 9.69 Å². The highest BCUT2D eigenvalue weighted by atomic mass is 79.9. The van der Waals surface area contributed by atoms with Crippen LogP contribution in [0, 0.1) is 11.3 Å². The van der Waals surface area contributed by atoms with Crippen molar-refractivity contribution in [2.24, 2.45) is 5.10 Å². The van der Waals surface area contributed by atoms with Crippen LogP contribution in [0.15, 0.2) is 21.7 Å². The molecule has 24 heavy (non-hydrogen) atoms. The number of carbonyl (C=O) groups is 1. The highest BCUT2D eigenvalue weighted by Gasteiger charge is 2.13. The molecule has 0 atom stereocenters. The third-order valence-electron chi connectivity index (χ3n) is 3.18. The first-order chi connectivity index (χ1) is 11.6. The molecule has 1 amide bonds. The Hall–Kier alpha value is -1.66. The molecule has 1 aliphatic heterocycles. The molecule has 0 saturated carbocycles. The van der Waals surface area contributed by atoms with Gasteiger partial charge in [-0.15, -0.1) is 0 Å². The molecule has 0 unspecified atom stereocenters. The van der Waals surface area contributed by atoms with E-state index >= 15 is 0 Å². The molecular weight excluding hydrogens is 400 g/mol. The Bertz CT molecular complexity index is 634. The smallest absolute Gasteiger partial charge is 0.254 e. The molecule has 1 N–H and O–H groups in total. The van der Waals surface area contributed by atoms with Crippen molar-refractivity contribution >= 4 is 39.7 Å². The summed E-state index contributed by atoms with van der Waals surface area (Å²) in [5.41, 5.74) is 3.16. The van der Waals surface area contributed by atoms with Crippen LogP contribution in [0.2, 0.25) is 5.02 Å². The monoisotopic (exact) mass is 414 g/mol. The molecule has 0 bridgehead atoms. The number of nitrogens with one attached hydrogen (secondary N) is 1. The lowest BCUT2D eigenvalue weighted by Gasteiger charge is -2.25. The zero-order valence-electron chi connectivity index (χ0n) is 12.8. The SMILES string of the molecule is N#CCOc1c(Cl)cc(/C=N/NC(=O)CN2CCOCC2)cc1Br. The standard InChI is InChI=1S/C15H16BrClN4O3/c16-12-7-11(8-13(17)15(12)24-4-1-18)9-19-20-14(22)10-21-2-5-23-6-3-21/h7-9H,2-6,10H2,(H,20,22)/b19-9+. The van der Waals surface area contributed by atoms with Crippen molar-refractivity contribution < 1.29 is 14.3 Å². The first kappa shape index (κ1) is 18.7. The van der Waals surface area contributed by atoms with E-state index in [-0.39, 0.29) is 19.1 Å². The number of amides is 1. The molecular formula is C15H16BrClN4O3. The Morgan fingerprint density at radius 1 is 1.54 bits per heavy atom. The van der Waals surface area contributed by atoms with Gasteiger partial charge < -0.3 is 9.47 Å². The average Bonchev–Trinajstić information content (AvgIpc) is 2.55. The van der Waals surface area contributed by atoms with Gasteiger partial charge in [0.15, 0.2) is 12.4 Å². The van der Waals surface area contributed by atoms with Gasteiger partial charge in [-0.25, -0.2) is 5.43 Å². The van der Waals surface area contributed by atoms with Crippen LogP contribution in [0.1, 0.15) is 5.56 Å². The molecule has 1 heterocycles. The Kier molecular flexibility index (Phi) is 7.46. The number of morpholine rings is 1. The summed E-state index contributed by atoms with van der Waals surface area (Å²) >= 11 is 9.44. The topological polar surface area (TPSA) is 86.9 Å². The molecule has 0 spiro atoms. The molecule has 1 aromatic carbocycles. The van der Waals surface area contributed by atoms with Crippen LogP contribution >= 0.6 is 27.5 Å². The van der Waals surface area contributed by atoms with E-state index in [1.54, 1.807) is 12.1 Å². The Labute approximate surface area is 153 Å². The van der Waals surface area contributed by atoms with E-state index in [2.05, 4.69) is 26.5 Å². The second-order valence-electron chi connectivity index (χ2n) is 4.94. The van der Waals surface area contributed by atoms with Gasteiger partial charge in [0.25, 0.3) is 5.91 Å². The number of hydrogen-bond donors (Lipinski definition) is 1. The van der Waals surface area contributed by atoms with Crippen LogP contribution in [-0.4, -0.2) is 56.5 Å². The van der Waals surface area contributed by atoms with Gasteiger partial charge in [0.1, 0.15) is 6.07 Å². The van der Waals surface area contributed by atoms with Crippen LogP contribution in [-0.2, 0) is 9.53 Å². The summed E-state index contributed by atoms with van der Waals surface area (Å²) < 4.78 is 11.1. The van der Waals surface area contributed by atoms with Gasteiger partial charge in [-0.05, 0) is 33.6 Å². The molecule has 1 aromatic rings. The second kappa shape index (κ2) is 9.59. The summed E-state index contributed by atoms with van der Waals surface area (Å²) in [5, 5.41) is 12.8. The van der Waals surface area contributed by atoms with E-state index in [9.17, 15) is 4.79 Å². The van der Waals surface area contributed by atoms with Crippen molar-refractivity contribution in [3.05, 3.63) is 27.2 Å². The number of benzene rings is 1. The Morgan fingerprint density at radius 2 is 2.29 bits per heavy atom. The lowest BCUT2D eigenvalue weighted by atomic mass is 10.2. The normalized spacial score (nSPS) is 15.2. The average molecular weight is 416 g/mol. The van der Waals surface area contributed by atoms with Crippen molar-refractivity contribution in [3.63, 3.8) is 0 Å². The van der Waals surface area contributed by atoms with Crippen molar-refractivity contribution in [2.75, 3.05) is 39.5 Å². The van der Waals surface area contributed by atoms with Crippen molar-refractivity contribution in [1.29, 1.82) is 5.26 Å². The van der Waals surface area contributed by atoms with Gasteiger partial charge >= 0.3 is 0 Å². The summed E-state index contributed by atoms with van der Waals surface area (Å²) in [6.07, 6.45) is 1.49. The number of nitriles is 1. The number of carbonyl (C=O) groups excluding carboxylic acids is 1. The highest BCUT2D eigenvalue weighted by Crippen LogP contribution is 2.34. The molecule has 7 nitrogen and oxygen atoms in total. The summed E-state index contributed by atoms with van der Waals surface area (Å²) in [6.45, 7) is 2.95. The molecule has 9 heteroatoms. The minimum atomic E-state index is -0.188. The maximum absolute atomic E-state index is 11.8. The predicted molar refractivity (Wildman–Crippen MR) is 93.3 cm³/mol. The fourth-order valence-corrected chi connectivity index (χ4v) is 3.06. The number of ether oxygens (including phenoxy) is 2. The number of nitrogens with zero attached hydrogens (tertiary/aromatic N) is 3. The summed E-state index contributed by atoms with van der Waals surface area (Å²) in [4.78, 5) is 13.8. The second-order valence-corrected chi connectivity index (χ2v) is 6.20. The quantitative estimate of drug-likeness (QED) is 0.565. The highest BCUT2D eigenvalue weighted by molar-refractivity contribution is 9.10. The van der Waals surface area contributed by atoms with E-state index in [0.717, 1.165) is 13.1 Å². The fourth-order valence-electron chi connectivity index (χ4n) is 2.07. The van der Waals surface area contributed by atoms with Gasteiger partial charge in [0.2, 0.25) is 0 Å². The summed E-state index contributed by atoms with van der Waals surface area (Å²) in [6, 6.07) is 5.25. The first-order valence-electron chi connectivity index (χ1n) is 7.21. The molecule has 1 fully saturated rings. The maximum atomic E-state index is 11.8. The van der Waals surface area contributed by atoms with Crippen LogP contribution in [0.3, 0.4) is 0 Å². The van der Waals surface area contributed by atoms with E-state index < -0.39 is 0 Å². The molecule has 128 valence electrons. The van der Waals surface area contributed by atoms with Gasteiger partial charge in [-0.2, -0.15) is 10.4 Å². The first-order valence-corrected chi connectivity index (χ1v) is 8.38. The lowest BCUT2D eigenvalue weighted by Crippen LogP contribution is -2.42. The van der Waals surface area contributed by atoms with E-state index in [0.29, 0.717) is 34.0 Å². The van der Waals surface area contributed by atoms with Crippen LogP contribution < -0.4 is 10.2 Å². The zero-order chi connectivity index (χ0) is 17.4. The maximum Gasteiger partial charge on any atom is 0.254 e. The number of hydrazone groups is 1. The fraction of sp³-hybridized carbons (Fsp3) is 0.400. The number of halogens is 2. The largest absolute Gasteiger partial charge is 0.476 e. The van der Waals surface area contributed by atoms with Crippen LogP contribution in [0.4, 0.5) is 0 Å². The third-order valence-corrected chi connectivity index (χ3v) is 4.05. The Morgan fingerprint density at radius 3 is 2.96 bits per heavy atom. The molecule has 0 radical (unpaired) electrons. The van der Waals surface area contributed by atoms with Crippen molar-refractivity contribution in [3.8, 4) is 11.8 Å². The third kappa shape index (κ3) is 5.76. The van der Waals surface area contributed by atoms with Gasteiger partial charge in [-0.1, -0.05) is 11.6 Å². The van der Waals surface area contributed by atoms with Crippen LogP contribution in [0.25, 0.3) is 0 Å². The van der Waals surface area contributed by atoms with Crippen molar-refractivity contribution in [2.45, 2.75) is 0 Å². The van der Waals surface area contributed by atoms with E-state index in [1.165, 1.54) is 6.21 Å². The predicted octanol–water partition coefficient (Wildman–Crippen LogP) is 1.79. The molecule has 1 aliphatic rings. The zero-order valence-corrected chi connectivity index (χ0v) is 15.1. The number of rotatable bonds is 6. The van der Waals surface area contributed by atoms with Crippen LogP contribution in [0.5, 0.6) is 5.75 Å². The minimum absolute atomic E-state index is 0.0939. The molecule has 2 rings (SSSR count). The van der Waals surface area contributed by atoms with Crippen molar-refractivity contribution in [1.82, 2.24) is 10.3 Å². The van der Waals surface area contributed by atoms with E-state index in [1.807, 2.05) is 11.0 Å². The Balaban J connectivity index is 1.89. The minimum Gasteiger partial charge on any atom is -0.476 e.